The minimum absolute atomic E-state index is 0. The second kappa shape index (κ2) is 8.01. The molecule has 1 atom stereocenters. The lowest BCUT2D eigenvalue weighted by molar-refractivity contribution is -0.118. The molecule has 1 spiro atoms. The van der Waals surface area contributed by atoms with Gasteiger partial charge in [0.1, 0.15) is 5.82 Å². The van der Waals surface area contributed by atoms with Gasteiger partial charge in [0.2, 0.25) is 5.91 Å². The predicted octanol–water partition coefficient (Wildman–Crippen LogP) is 4.29. The molecule has 150 valence electrons. The molecule has 1 unspecified atom stereocenters. The van der Waals surface area contributed by atoms with E-state index in [1.807, 2.05) is 71.4 Å². The molecule has 1 aliphatic carbocycles. The number of benzene rings is 2. The molecule has 2 fully saturated rings. The van der Waals surface area contributed by atoms with Gasteiger partial charge in [-0.25, -0.2) is 4.68 Å². The van der Waals surface area contributed by atoms with Gasteiger partial charge in [-0.3, -0.25) is 4.79 Å². The molecule has 0 radical (unpaired) electrons. The lowest BCUT2D eigenvalue weighted by Gasteiger charge is -2.23. The van der Waals surface area contributed by atoms with Crippen molar-refractivity contribution in [2.45, 2.75) is 19.3 Å². The number of nitrogens with one attached hydrogen (secondary N) is 2. The number of hydrogen-bond acceptors (Lipinski definition) is 3. The van der Waals surface area contributed by atoms with Gasteiger partial charge in [0.05, 0.1) is 11.4 Å². The van der Waals surface area contributed by atoms with Crippen molar-refractivity contribution in [3.05, 3.63) is 66.7 Å². The summed E-state index contributed by atoms with van der Waals surface area (Å²) < 4.78 is 1.83. The Bertz CT molecular complexity index is 981. The highest BCUT2D eigenvalue weighted by atomic mass is 35.5. The minimum atomic E-state index is 0. The van der Waals surface area contributed by atoms with Crippen LogP contribution in [0.3, 0.4) is 0 Å². The molecule has 29 heavy (non-hydrogen) atoms. The van der Waals surface area contributed by atoms with Crippen molar-refractivity contribution in [1.82, 2.24) is 15.1 Å². The summed E-state index contributed by atoms with van der Waals surface area (Å²) in [6.07, 6.45) is 3.20. The van der Waals surface area contributed by atoms with E-state index in [2.05, 4.69) is 10.6 Å². The van der Waals surface area contributed by atoms with E-state index in [-0.39, 0.29) is 29.6 Å². The second-order valence-corrected chi connectivity index (χ2v) is 7.89. The maximum absolute atomic E-state index is 13.0. The van der Waals surface area contributed by atoms with Gasteiger partial charge in [0.25, 0.3) is 0 Å². The fourth-order valence-electron chi connectivity index (χ4n) is 4.40. The number of rotatable bonds is 4. The van der Waals surface area contributed by atoms with E-state index < -0.39 is 0 Å². The Kier molecular flexibility index (Phi) is 5.43. The van der Waals surface area contributed by atoms with Gasteiger partial charge in [0.15, 0.2) is 0 Å². The number of carbonyl (C=O) groups excluding carboxylic acids is 1. The number of halogens is 1. The van der Waals surface area contributed by atoms with E-state index in [4.69, 9.17) is 5.10 Å². The molecular weight excluding hydrogens is 384 g/mol. The van der Waals surface area contributed by atoms with Crippen molar-refractivity contribution < 1.29 is 4.79 Å². The summed E-state index contributed by atoms with van der Waals surface area (Å²) in [6.45, 7) is 2.04. The lowest BCUT2D eigenvalue weighted by atomic mass is 9.92. The Labute approximate surface area is 176 Å². The molecule has 1 amide bonds. The molecule has 1 aliphatic heterocycles. The standard InChI is InChI=1S/C23H24N4O.ClH/c28-22(19-16-23(19)11-13-24-14-12-23)25-21-15-20(17-7-3-1-4-8-17)26-27(21)18-9-5-2-6-10-18;/h1-10,15,19,24H,11-14,16H2,(H,25,28);1H. The molecular formula is C23H25ClN4O. The Morgan fingerprint density at radius 3 is 2.38 bits per heavy atom. The third kappa shape index (κ3) is 3.80. The van der Waals surface area contributed by atoms with Crippen LogP contribution in [0.5, 0.6) is 0 Å². The summed E-state index contributed by atoms with van der Waals surface area (Å²) in [6, 6.07) is 22.0. The normalized spacial score (nSPS) is 19.4. The number of para-hydroxylation sites is 1. The smallest absolute Gasteiger partial charge is 0.229 e. The Hall–Kier alpha value is -2.63. The lowest BCUT2D eigenvalue weighted by Crippen LogP contribution is -2.31. The molecule has 5 rings (SSSR count). The van der Waals surface area contributed by atoms with Crippen LogP contribution in [0.25, 0.3) is 16.9 Å². The van der Waals surface area contributed by atoms with E-state index in [9.17, 15) is 4.79 Å². The van der Waals surface area contributed by atoms with Gasteiger partial charge < -0.3 is 10.6 Å². The first-order valence-electron chi connectivity index (χ1n) is 9.98. The first-order chi connectivity index (χ1) is 13.8. The van der Waals surface area contributed by atoms with Crippen molar-refractivity contribution in [3.8, 4) is 16.9 Å². The quantitative estimate of drug-likeness (QED) is 0.677. The SMILES string of the molecule is Cl.O=C(Nc1cc(-c2ccccc2)nn1-c1ccccc1)C1CC12CCNCC2. The number of hydrogen-bond donors (Lipinski definition) is 2. The summed E-state index contributed by atoms with van der Waals surface area (Å²) >= 11 is 0. The minimum Gasteiger partial charge on any atom is -0.317 e. The molecule has 2 heterocycles. The number of aromatic nitrogens is 2. The van der Waals surface area contributed by atoms with Gasteiger partial charge >= 0.3 is 0 Å². The zero-order chi connectivity index (χ0) is 19.0. The predicted molar refractivity (Wildman–Crippen MR) is 118 cm³/mol. The van der Waals surface area contributed by atoms with Gasteiger partial charge in [0, 0.05) is 17.5 Å². The molecule has 1 aromatic heterocycles. The molecule has 0 bridgehead atoms. The van der Waals surface area contributed by atoms with Crippen LogP contribution >= 0.6 is 12.4 Å². The molecule has 6 heteroatoms. The van der Waals surface area contributed by atoms with Crippen molar-refractivity contribution >= 4 is 24.1 Å². The van der Waals surface area contributed by atoms with E-state index in [1.54, 1.807) is 0 Å². The third-order valence-corrected chi connectivity index (χ3v) is 6.14. The van der Waals surface area contributed by atoms with Crippen LogP contribution in [0.4, 0.5) is 5.82 Å². The average Bonchev–Trinajstić information content (AvgIpc) is 3.27. The van der Waals surface area contributed by atoms with Crippen molar-refractivity contribution in [2.75, 3.05) is 18.4 Å². The number of piperidine rings is 1. The highest BCUT2D eigenvalue weighted by molar-refractivity contribution is 5.95. The number of carbonyl (C=O) groups is 1. The van der Waals surface area contributed by atoms with E-state index in [0.717, 1.165) is 55.1 Å². The van der Waals surface area contributed by atoms with Crippen LogP contribution in [0, 0.1) is 11.3 Å². The van der Waals surface area contributed by atoms with Gasteiger partial charge in [-0.05, 0) is 49.9 Å². The van der Waals surface area contributed by atoms with Crippen LogP contribution in [-0.4, -0.2) is 28.8 Å². The average molecular weight is 409 g/mol. The maximum Gasteiger partial charge on any atom is 0.229 e. The van der Waals surface area contributed by atoms with Crippen molar-refractivity contribution in [2.24, 2.45) is 11.3 Å². The first-order valence-corrected chi connectivity index (χ1v) is 9.98. The highest BCUT2D eigenvalue weighted by Gasteiger charge is 2.57. The summed E-state index contributed by atoms with van der Waals surface area (Å²) in [5, 5.41) is 11.3. The van der Waals surface area contributed by atoms with Crippen LogP contribution in [0.1, 0.15) is 19.3 Å². The van der Waals surface area contributed by atoms with Gasteiger partial charge in [-0.2, -0.15) is 5.10 Å². The maximum atomic E-state index is 13.0. The topological polar surface area (TPSA) is 59.0 Å². The molecule has 1 saturated carbocycles. The molecule has 2 aromatic carbocycles. The zero-order valence-electron chi connectivity index (χ0n) is 16.2. The zero-order valence-corrected chi connectivity index (χ0v) is 17.0. The van der Waals surface area contributed by atoms with Gasteiger partial charge in [-0.1, -0.05) is 48.5 Å². The summed E-state index contributed by atoms with van der Waals surface area (Å²) in [4.78, 5) is 13.0. The Morgan fingerprint density at radius 1 is 1.03 bits per heavy atom. The summed E-state index contributed by atoms with van der Waals surface area (Å²) in [5.74, 6) is 0.971. The van der Waals surface area contributed by atoms with E-state index in [0.29, 0.717) is 0 Å². The molecule has 5 nitrogen and oxygen atoms in total. The highest BCUT2D eigenvalue weighted by Crippen LogP contribution is 2.58. The molecule has 3 aromatic rings. The van der Waals surface area contributed by atoms with Gasteiger partial charge in [-0.15, -0.1) is 12.4 Å². The van der Waals surface area contributed by atoms with Crippen LogP contribution in [0.2, 0.25) is 0 Å². The summed E-state index contributed by atoms with van der Waals surface area (Å²) in [7, 11) is 0. The van der Waals surface area contributed by atoms with E-state index >= 15 is 0 Å². The van der Waals surface area contributed by atoms with E-state index in [1.165, 1.54) is 0 Å². The fourth-order valence-corrected chi connectivity index (χ4v) is 4.40. The number of amides is 1. The van der Waals surface area contributed by atoms with Crippen molar-refractivity contribution in [3.63, 3.8) is 0 Å². The van der Waals surface area contributed by atoms with Crippen LogP contribution < -0.4 is 10.6 Å². The first kappa shape index (κ1) is 19.7. The van der Waals surface area contributed by atoms with Crippen LogP contribution in [0.15, 0.2) is 66.7 Å². The van der Waals surface area contributed by atoms with Crippen molar-refractivity contribution in [1.29, 1.82) is 0 Å². The van der Waals surface area contributed by atoms with Crippen LogP contribution in [-0.2, 0) is 4.79 Å². The molecule has 2 aliphatic rings. The monoisotopic (exact) mass is 408 g/mol. The Balaban J connectivity index is 0.00000205. The summed E-state index contributed by atoms with van der Waals surface area (Å²) in [5.41, 5.74) is 3.04. The number of anilines is 1. The Morgan fingerprint density at radius 2 is 1.69 bits per heavy atom. The molecule has 1 saturated heterocycles. The molecule has 2 N–H and O–H groups in total. The second-order valence-electron chi connectivity index (χ2n) is 7.89. The third-order valence-electron chi connectivity index (χ3n) is 6.14. The largest absolute Gasteiger partial charge is 0.317 e. The number of nitrogens with zero attached hydrogens (tertiary/aromatic N) is 2. The fraction of sp³-hybridized carbons (Fsp3) is 0.304.